The molecule has 0 atom stereocenters. The Balaban J connectivity index is 3.01. The Morgan fingerprint density at radius 3 is 2.56 bits per heavy atom. The first-order chi connectivity index (χ1) is 4.13. The van der Waals surface area contributed by atoms with Gasteiger partial charge in [-0.1, -0.05) is 13.8 Å². The fourth-order valence-electron chi connectivity index (χ4n) is 0.310. The Hall–Kier alpha value is -0.570. The predicted molar refractivity (Wildman–Crippen MR) is 34.6 cm³/mol. The Labute approximate surface area is 55.3 Å². The number of hydroxylamine groups is 1. The highest BCUT2D eigenvalue weighted by Gasteiger charge is 1.93. The minimum absolute atomic E-state index is 0.157. The van der Waals surface area contributed by atoms with Crippen LogP contribution in [0.4, 0.5) is 0 Å². The van der Waals surface area contributed by atoms with Gasteiger partial charge >= 0.3 is 0 Å². The monoisotopic (exact) mass is 131 g/mol. The Bertz CT molecular complexity index is 91.1. The van der Waals surface area contributed by atoms with E-state index in [0.29, 0.717) is 12.5 Å². The maximum absolute atomic E-state index is 10.2. The summed E-state index contributed by atoms with van der Waals surface area (Å²) < 4.78 is 0. The molecular formula is C6H13NO2. The molecule has 0 unspecified atom stereocenters. The largest absolute Gasteiger partial charge is 0.273 e. The lowest BCUT2D eigenvalue weighted by atomic mass is 10.2. The van der Waals surface area contributed by atoms with E-state index in [4.69, 9.17) is 4.84 Å². The summed E-state index contributed by atoms with van der Waals surface area (Å²) in [6.07, 6.45) is 0. The lowest BCUT2D eigenvalue weighted by Crippen LogP contribution is -2.22. The first-order valence-electron chi connectivity index (χ1n) is 3.01. The van der Waals surface area contributed by atoms with Gasteiger partial charge in [0.25, 0.3) is 0 Å². The highest BCUT2D eigenvalue weighted by molar-refractivity contribution is 5.71. The van der Waals surface area contributed by atoms with Crippen LogP contribution < -0.4 is 5.48 Å². The number of amides is 1. The molecule has 0 saturated heterocycles. The normalized spacial score (nSPS) is 9.78. The molecule has 0 bridgehead atoms. The van der Waals surface area contributed by atoms with E-state index in [-0.39, 0.29) is 5.91 Å². The highest BCUT2D eigenvalue weighted by Crippen LogP contribution is 1.88. The average Bonchev–Trinajstić information content (AvgIpc) is 1.63. The van der Waals surface area contributed by atoms with Crippen LogP contribution in [0.2, 0.25) is 0 Å². The van der Waals surface area contributed by atoms with Crippen molar-refractivity contribution in [1.82, 2.24) is 5.48 Å². The first kappa shape index (κ1) is 8.43. The molecule has 0 saturated carbocycles. The second-order valence-corrected chi connectivity index (χ2v) is 2.36. The van der Waals surface area contributed by atoms with E-state index in [2.05, 4.69) is 5.48 Å². The summed E-state index contributed by atoms with van der Waals surface area (Å²) in [5.74, 6) is 0.299. The topological polar surface area (TPSA) is 38.3 Å². The molecule has 3 nitrogen and oxygen atoms in total. The van der Waals surface area contributed by atoms with Gasteiger partial charge in [-0.15, -0.1) is 0 Å². The maximum atomic E-state index is 10.2. The van der Waals surface area contributed by atoms with Crippen molar-refractivity contribution in [2.75, 3.05) is 6.61 Å². The molecule has 3 heteroatoms. The smallest absolute Gasteiger partial charge is 0.240 e. The number of rotatable bonds is 3. The van der Waals surface area contributed by atoms with Crippen LogP contribution >= 0.6 is 0 Å². The van der Waals surface area contributed by atoms with Gasteiger partial charge in [0, 0.05) is 6.92 Å². The van der Waals surface area contributed by atoms with Gasteiger partial charge in [-0.25, -0.2) is 5.48 Å². The van der Waals surface area contributed by atoms with Crippen molar-refractivity contribution in [1.29, 1.82) is 0 Å². The predicted octanol–water partition coefficient (Wildman–Crippen LogP) is 0.710. The molecule has 0 radical (unpaired) electrons. The molecule has 0 spiro atoms. The van der Waals surface area contributed by atoms with Crippen LogP contribution in [0.5, 0.6) is 0 Å². The van der Waals surface area contributed by atoms with Crippen LogP contribution in [0.15, 0.2) is 0 Å². The summed E-state index contributed by atoms with van der Waals surface area (Å²) in [7, 11) is 0. The third-order valence-corrected chi connectivity index (χ3v) is 0.633. The van der Waals surface area contributed by atoms with Crippen molar-refractivity contribution < 1.29 is 9.63 Å². The van der Waals surface area contributed by atoms with Crippen molar-refractivity contribution in [3.63, 3.8) is 0 Å². The van der Waals surface area contributed by atoms with E-state index in [1.54, 1.807) is 0 Å². The van der Waals surface area contributed by atoms with E-state index in [0.717, 1.165) is 0 Å². The Morgan fingerprint density at radius 2 is 2.22 bits per heavy atom. The Morgan fingerprint density at radius 1 is 1.67 bits per heavy atom. The molecule has 1 amide bonds. The maximum Gasteiger partial charge on any atom is 0.240 e. The fourth-order valence-corrected chi connectivity index (χ4v) is 0.310. The van der Waals surface area contributed by atoms with E-state index in [9.17, 15) is 4.79 Å². The van der Waals surface area contributed by atoms with Gasteiger partial charge in [0.1, 0.15) is 0 Å². The van der Waals surface area contributed by atoms with Crippen LogP contribution in [0.25, 0.3) is 0 Å². The molecule has 0 aliphatic carbocycles. The van der Waals surface area contributed by atoms with Crippen LogP contribution in [-0.2, 0) is 9.63 Å². The molecule has 0 rings (SSSR count). The molecule has 54 valence electrons. The molecule has 0 aromatic carbocycles. The van der Waals surface area contributed by atoms with Crippen molar-refractivity contribution in [3.05, 3.63) is 0 Å². The molecule has 0 aromatic heterocycles. The van der Waals surface area contributed by atoms with Gasteiger partial charge < -0.3 is 0 Å². The number of hydrogen-bond donors (Lipinski definition) is 1. The average molecular weight is 131 g/mol. The van der Waals surface area contributed by atoms with Crippen molar-refractivity contribution in [2.45, 2.75) is 20.8 Å². The summed E-state index contributed by atoms with van der Waals surface area (Å²) in [4.78, 5) is 14.9. The fraction of sp³-hybridized carbons (Fsp3) is 0.833. The molecule has 0 aromatic rings. The van der Waals surface area contributed by atoms with Gasteiger partial charge in [0.15, 0.2) is 0 Å². The van der Waals surface area contributed by atoms with E-state index >= 15 is 0 Å². The molecule has 0 fully saturated rings. The zero-order chi connectivity index (χ0) is 7.28. The van der Waals surface area contributed by atoms with Gasteiger partial charge in [0.05, 0.1) is 6.61 Å². The van der Waals surface area contributed by atoms with Gasteiger partial charge in [-0.2, -0.15) is 0 Å². The summed E-state index contributed by atoms with van der Waals surface area (Å²) in [5.41, 5.74) is 2.24. The van der Waals surface area contributed by atoms with Gasteiger partial charge in [0.2, 0.25) is 5.91 Å². The van der Waals surface area contributed by atoms with Crippen LogP contribution in [0, 0.1) is 5.92 Å². The highest BCUT2D eigenvalue weighted by atomic mass is 16.6. The SMILES string of the molecule is CC(=O)NOCC(C)C. The molecule has 0 heterocycles. The number of carbonyl (C=O) groups excluding carboxylic acids is 1. The first-order valence-corrected chi connectivity index (χ1v) is 3.01. The lowest BCUT2D eigenvalue weighted by molar-refractivity contribution is -0.132. The number of nitrogens with one attached hydrogen (secondary N) is 1. The van der Waals surface area contributed by atoms with Crippen LogP contribution in [0.1, 0.15) is 20.8 Å². The zero-order valence-corrected chi connectivity index (χ0v) is 6.10. The van der Waals surface area contributed by atoms with E-state index in [1.807, 2.05) is 13.8 Å². The summed E-state index contributed by atoms with van der Waals surface area (Å²) in [6, 6.07) is 0. The lowest BCUT2D eigenvalue weighted by Gasteiger charge is -2.04. The number of carbonyl (C=O) groups is 1. The second kappa shape index (κ2) is 4.32. The molecule has 1 N–H and O–H groups in total. The minimum Gasteiger partial charge on any atom is -0.273 e. The van der Waals surface area contributed by atoms with Gasteiger partial charge in [-0.05, 0) is 5.92 Å². The molecular weight excluding hydrogens is 118 g/mol. The van der Waals surface area contributed by atoms with Gasteiger partial charge in [-0.3, -0.25) is 9.63 Å². The van der Waals surface area contributed by atoms with E-state index < -0.39 is 0 Å². The third-order valence-electron chi connectivity index (χ3n) is 0.633. The van der Waals surface area contributed by atoms with Crippen molar-refractivity contribution in [3.8, 4) is 0 Å². The minimum atomic E-state index is -0.157. The summed E-state index contributed by atoms with van der Waals surface area (Å²) in [6.45, 7) is 6.02. The zero-order valence-electron chi connectivity index (χ0n) is 6.10. The van der Waals surface area contributed by atoms with Crippen molar-refractivity contribution >= 4 is 5.91 Å². The molecule has 0 aliphatic heterocycles. The van der Waals surface area contributed by atoms with E-state index in [1.165, 1.54) is 6.92 Å². The summed E-state index contributed by atoms with van der Waals surface area (Å²) in [5, 5.41) is 0. The van der Waals surface area contributed by atoms with Crippen LogP contribution in [-0.4, -0.2) is 12.5 Å². The standard InChI is InChI=1S/C6H13NO2/c1-5(2)4-9-7-6(3)8/h5H,4H2,1-3H3,(H,7,8). The second-order valence-electron chi connectivity index (χ2n) is 2.36. The molecule has 9 heavy (non-hydrogen) atoms. The Kier molecular flexibility index (Phi) is 4.05. The summed E-state index contributed by atoms with van der Waals surface area (Å²) >= 11 is 0. The number of hydrogen-bond acceptors (Lipinski definition) is 2. The van der Waals surface area contributed by atoms with Crippen molar-refractivity contribution in [2.24, 2.45) is 5.92 Å². The quantitative estimate of drug-likeness (QED) is 0.573. The molecule has 0 aliphatic rings. The third kappa shape index (κ3) is 7.43. The van der Waals surface area contributed by atoms with Crippen LogP contribution in [0.3, 0.4) is 0 Å².